The van der Waals surface area contributed by atoms with Gasteiger partial charge in [-0.3, -0.25) is 0 Å². The topological polar surface area (TPSA) is 15.9 Å². The molecule has 0 bridgehead atoms. The van der Waals surface area contributed by atoms with Gasteiger partial charge in [-0.25, -0.2) is 4.98 Å². The SMILES string of the molecule is BrBr.Brc1ccc2c(c1)Sc1ccccc1[N+]2=c1ccc2nc3ccc(Br)cc3sc-2c1.[Br-]. The van der Waals surface area contributed by atoms with E-state index in [1.165, 1.54) is 30.7 Å². The predicted octanol–water partition coefficient (Wildman–Crippen LogP) is 6.52. The molecule has 2 aliphatic heterocycles. The highest BCUT2D eigenvalue weighted by Gasteiger charge is 2.29. The van der Waals surface area contributed by atoms with Crippen molar-refractivity contribution in [1.82, 2.24) is 9.56 Å². The molecule has 0 fully saturated rings. The molecule has 2 nitrogen and oxygen atoms in total. The fourth-order valence-corrected chi connectivity index (χ4v) is 6.90. The lowest BCUT2D eigenvalue weighted by molar-refractivity contribution is -0.00000568. The van der Waals surface area contributed by atoms with Gasteiger partial charge in [0.2, 0.25) is 16.7 Å². The number of hydrogen-bond donors (Lipinski definition) is 0. The average molecular weight is 793 g/mol. The van der Waals surface area contributed by atoms with Gasteiger partial charge in [0.25, 0.3) is 0 Å². The van der Waals surface area contributed by atoms with Crippen molar-refractivity contribution in [2.45, 2.75) is 9.79 Å². The molecule has 0 saturated carbocycles. The Morgan fingerprint density at radius 1 is 0.727 bits per heavy atom. The van der Waals surface area contributed by atoms with Crippen LogP contribution in [-0.4, -0.2) is 4.98 Å². The molecule has 0 aromatic heterocycles. The highest BCUT2D eigenvalue weighted by molar-refractivity contribution is 9.93. The number of fused-ring (bicyclic) bond motifs is 4. The summed E-state index contributed by atoms with van der Waals surface area (Å²) in [5, 5.41) is 1.14. The number of halogens is 5. The van der Waals surface area contributed by atoms with E-state index < -0.39 is 0 Å². The molecule has 0 N–H and O–H groups in total. The molecule has 3 aliphatic rings. The first-order valence-corrected chi connectivity index (χ1v) is 16.4. The third-order valence-electron chi connectivity index (χ3n) is 5.07. The molecule has 33 heavy (non-hydrogen) atoms. The van der Waals surface area contributed by atoms with Crippen LogP contribution >= 0.6 is 83.2 Å². The van der Waals surface area contributed by atoms with Crippen molar-refractivity contribution in [3.8, 4) is 10.6 Å². The van der Waals surface area contributed by atoms with Crippen molar-refractivity contribution in [2.24, 2.45) is 0 Å². The highest BCUT2D eigenvalue weighted by Crippen LogP contribution is 2.46. The second-order valence-corrected chi connectivity index (χ2v) is 11.0. The maximum Gasteiger partial charge on any atom is 0.225 e. The number of rotatable bonds is 0. The molecule has 1 aliphatic carbocycles. The van der Waals surface area contributed by atoms with E-state index in [0.717, 1.165) is 25.5 Å². The normalized spacial score (nSPS) is 13.5. The van der Waals surface area contributed by atoms with E-state index in [4.69, 9.17) is 4.98 Å². The summed E-state index contributed by atoms with van der Waals surface area (Å²) in [6.45, 7) is 0. The summed E-state index contributed by atoms with van der Waals surface area (Å²) in [6, 6.07) is 27.9. The molecule has 0 spiro atoms. The van der Waals surface area contributed by atoms with Crippen LogP contribution in [0.4, 0.5) is 11.4 Å². The molecule has 3 aromatic carbocycles. The zero-order valence-corrected chi connectivity index (χ0v) is 26.2. The van der Waals surface area contributed by atoms with Gasteiger partial charge in [0.05, 0.1) is 30.6 Å². The summed E-state index contributed by atoms with van der Waals surface area (Å²) in [5.74, 6) is 0. The van der Waals surface area contributed by atoms with Crippen LogP contribution in [0.2, 0.25) is 0 Å². The molecule has 6 rings (SSSR count). The minimum Gasteiger partial charge on any atom is -1.00 e. The van der Waals surface area contributed by atoms with Gasteiger partial charge in [0.1, 0.15) is 0 Å². The zero-order valence-electron chi connectivity index (χ0n) is 16.6. The van der Waals surface area contributed by atoms with Crippen LogP contribution in [0.3, 0.4) is 0 Å². The molecular formula is C24H13Br5N2S2. The molecule has 166 valence electrons. The van der Waals surface area contributed by atoms with Crippen molar-refractivity contribution >= 4 is 105 Å². The Labute approximate surface area is 242 Å². The van der Waals surface area contributed by atoms with Crippen LogP contribution in [0, 0.1) is 0 Å². The van der Waals surface area contributed by atoms with Crippen molar-refractivity contribution in [1.29, 1.82) is 0 Å². The molecule has 3 aromatic rings. The van der Waals surface area contributed by atoms with Gasteiger partial charge < -0.3 is 17.0 Å². The van der Waals surface area contributed by atoms with Crippen LogP contribution in [0.1, 0.15) is 0 Å². The van der Waals surface area contributed by atoms with Gasteiger partial charge >= 0.3 is 0 Å². The maximum absolute atomic E-state index is 4.87. The van der Waals surface area contributed by atoms with Gasteiger partial charge in [0, 0.05) is 61.5 Å². The second kappa shape index (κ2) is 11.0. The van der Waals surface area contributed by atoms with Gasteiger partial charge in [-0.15, -0.1) is 11.3 Å². The maximum atomic E-state index is 4.87. The van der Waals surface area contributed by atoms with E-state index in [1.807, 2.05) is 17.8 Å². The monoisotopic (exact) mass is 788 g/mol. The van der Waals surface area contributed by atoms with Gasteiger partial charge in [-0.05, 0) is 42.5 Å². The smallest absolute Gasteiger partial charge is 0.225 e. The summed E-state index contributed by atoms with van der Waals surface area (Å²) < 4.78 is 5.69. The lowest BCUT2D eigenvalue weighted by atomic mass is 10.2. The molecule has 2 heterocycles. The summed E-state index contributed by atoms with van der Waals surface area (Å²) in [4.78, 5) is 8.54. The Morgan fingerprint density at radius 3 is 2.30 bits per heavy atom. The van der Waals surface area contributed by atoms with Crippen molar-refractivity contribution < 1.29 is 17.0 Å². The van der Waals surface area contributed by atoms with Crippen molar-refractivity contribution in [3.63, 3.8) is 0 Å². The number of benzene rings is 4. The quantitative estimate of drug-likeness (QED) is 0.129. The second-order valence-electron chi connectivity index (χ2n) is 7.00. The summed E-state index contributed by atoms with van der Waals surface area (Å²) >= 11 is 16.3. The fraction of sp³-hybridized carbons (Fsp3) is 0. The molecule has 0 atom stereocenters. The first-order valence-electron chi connectivity index (χ1n) is 9.50. The largest absolute Gasteiger partial charge is 1.00 e. The van der Waals surface area contributed by atoms with Crippen LogP contribution < -0.4 is 26.9 Å². The standard InChI is InChI=1S/C24H13Br2N2S2.Br2.BrH/c25-14-5-8-17-22(11-14)30-23-13-16(7-9-18(23)27-17)28-19-3-1-2-4-21(19)29-24-12-15(26)6-10-20(24)28;1-2;/h1-13H;;1H/q+1;;/p-1. The minimum atomic E-state index is 0. The van der Waals surface area contributed by atoms with Crippen molar-refractivity contribution in [2.75, 3.05) is 0 Å². The summed E-state index contributed by atoms with van der Waals surface area (Å²) in [5.41, 5.74) is 4.45. The Balaban J connectivity index is 0.000000842. The molecule has 9 heteroatoms. The lowest BCUT2D eigenvalue weighted by Crippen LogP contribution is -3.00. The van der Waals surface area contributed by atoms with Gasteiger partial charge in [0.15, 0.2) is 0 Å². The van der Waals surface area contributed by atoms with E-state index in [1.54, 1.807) is 11.3 Å². The molecule has 0 saturated heterocycles. The van der Waals surface area contributed by atoms with E-state index in [-0.39, 0.29) is 17.0 Å². The van der Waals surface area contributed by atoms with E-state index in [0.29, 0.717) is 0 Å². The van der Waals surface area contributed by atoms with E-state index in [9.17, 15) is 0 Å². The third-order valence-corrected chi connectivity index (χ3v) is 8.27. The summed E-state index contributed by atoms with van der Waals surface area (Å²) in [6.07, 6.45) is 0. The third kappa shape index (κ3) is 5.06. The Kier molecular flexibility index (Phi) is 8.53. The van der Waals surface area contributed by atoms with Crippen LogP contribution in [-0.2, 0) is 0 Å². The lowest BCUT2D eigenvalue weighted by Gasteiger charge is -2.16. The molecule has 0 amide bonds. The Bertz CT molecular complexity index is 1520. The number of aromatic nitrogens is 1. The van der Waals surface area contributed by atoms with Gasteiger partial charge in [-0.2, -0.15) is 4.58 Å². The Hall–Kier alpha value is -0.550. The minimum absolute atomic E-state index is 0. The predicted molar refractivity (Wildman–Crippen MR) is 151 cm³/mol. The first kappa shape index (κ1) is 25.5. The van der Waals surface area contributed by atoms with Crippen LogP contribution in [0.5, 0.6) is 0 Å². The fourth-order valence-electron chi connectivity index (χ4n) is 3.74. The first-order chi connectivity index (χ1) is 15.7. The van der Waals surface area contributed by atoms with E-state index >= 15 is 0 Å². The summed E-state index contributed by atoms with van der Waals surface area (Å²) in [7, 11) is 0. The number of nitrogens with zero attached hydrogens (tertiary/aromatic N) is 2. The average Bonchev–Trinajstić information content (AvgIpc) is 2.82. The molecule has 0 unspecified atom stereocenters. The number of para-hydroxylation sites is 1. The van der Waals surface area contributed by atoms with Crippen LogP contribution in [0.25, 0.3) is 20.8 Å². The highest BCUT2D eigenvalue weighted by atomic mass is 80.9. The van der Waals surface area contributed by atoms with Crippen molar-refractivity contribution in [3.05, 3.63) is 93.2 Å². The van der Waals surface area contributed by atoms with E-state index in [2.05, 4.69) is 137 Å². The van der Waals surface area contributed by atoms with Crippen LogP contribution in [0.15, 0.2) is 97.6 Å². The zero-order chi connectivity index (χ0) is 22.2. The molecule has 0 radical (unpaired) electrons. The molecular weight excluding hydrogens is 780 g/mol. The van der Waals surface area contributed by atoms with Gasteiger partial charge in [-0.1, -0.05) is 55.8 Å². The number of hydrogen-bond acceptors (Lipinski definition) is 3. The Morgan fingerprint density at radius 2 is 1.45 bits per heavy atom.